The molecule has 0 saturated carbocycles. The molecule has 0 spiro atoms. The second-order valence-corrected chi connectivity index (χ2v) is 5.82. The van der Waals surface area contributed by atoms with Gasteiger partial charge in [0.1, 0.15) is 15.9 Å². The summed E-state index contributed by atoms with van der Waals surface area (Å²) >= 11 is 2.68. The van der Waals surface area contributed by atoms with E-state index in [0.29, 0.717) is 21.9 Å². The summed E-state index contributed by atoms with van der Waals surface area (Å²) in [5, 5.41) is 18.0. The summed E-state index contributed by atoms with van der Waals surface area (Å²) in [5.41, 5.74) is 1.26. The van der Waals surface area contributed by atoms with E-state index in [-0.39, 0.29) is 5.91 Å². The number of hydrogen-bond acceptors (Lipinski definition) is 6. The standard InChI is InChI=1S/C13H14N4OS2/c1-3-9-10(20-13(16-9)15-4-2)11(18)17-12-8(7-14)5-6-19-12/h5-6H,3-4H2,1-2H3,(H,15,16)(H,17,18). The van der Waals surface area contributed by atoms with E-state index in [0.717, 1.165) is 17.4 Å². The molecule has 0 radical (unpaired) electrons. The topological polar surface area (TPSA) is 77.8 Å². The van der Waals surface area contributed by atoms with Crippen LogP contribution < -0.4 is 10.6 Å². The van der Waals surface area contributed by atoms with Crippen LogP contribution in [0.15, 0.2) is 11.4 Å². The molecule has 2 heterocycles. The van der Waals surface area contributed by atoms with Gasteiger partial charge in [0.15, 0.2) is 5.13 Å². The molecule has 104 valence electrons. The first kappa shape index (κ1) is 14.5. The molecular weight excluding hydrogens is 292 g/mol. The summed E-state index contributed by atoms with van der Waals surface area (Å²) in [6, 6.07) is 3.75. The van der Waals surface area contributed by atoms with E-state index >= 15 is 0 Å². The molecule has 0 aliphatic heterocycles. The van der Waals surface area contributed by atoms with Crippen LogP contribution >= 0.6 is 22.7 Å². The summed E-state index contributed by atoms with van der Waals surface area (Å²) in [7, 11) is 0. The molecule has 0 unspecified atom stereocenters. The minimum absolute atomic E-state index is 0.206. The molecule has 20 heavy (non-hydrogen) atoms. The second kappa shape index (κ2) is 6.50. The van der Waals surface area contributed by atoms with Crippen LogP contribution in [0, 0.1) is 11.3 Å². The third-order valence-corrected chi connectivity index (χ3v) is 4.46. The Kier molecular flexibility index (Phi) is 4.71. The van der Waals surface area contributed by atoms with Crippen molar-refractivity contribution in [3.8, 4) is 6.07 Å². The number of nitrogens with zero attached hydrogens (tertiary/aromatic N) is 2. The Labute approximate surface area is 125 Å². The van der Waals surface area contributed by atoms with Crippen LogP contribution in [0.5, 0.6) is 0 Å². The van der Waals surface area contributed by atoms with Gasteiger partial charge in [0.05, 0.1) is 11.3 Å². The number of amides is 1. The third-order valence-electron chi connectivity index (χ3n) is 2.58. The first-order valence-electron chi connectivity index (χ1n) is 6.22. The fourth-order valence-corrected chi connectivity index (χ4v) is 3.40. The quantitative estimate of drug-likeness (QED) is 0.888. The predicted octanol–water partition coefficient (Wildman–Crippen LogP) is 3.32. The smallest absolute Gasteiger partial charge is 0.268 e. The Bertz CT molecular complexity index is 654. The number of thiophene rings is 1. The lowest BCUT2D eigenvalue weighted by molar-refractivity contribution is 0.103. The molecule has 1 amide bonds. The number of anilines is 2. The van der Waals surface area contributed by atoms with Crippen molar-refractivity contribution in [3.63, 3.8) is 0 Å². The number of carbonyl (C=O) groups is 1. The molecule has 2 N–H and O–H groups in total. The van der Waals surface area contributed by atoms with Crippen molar-refractivity contribution in [2.45, 2.75) is 20.3 Å². The van der Waals surface area contributed by atoms with E-state index in [4.69, 9.17) is 5.26 Å². The molecule has 0 atom stereocenters. The third kappa shape index (κ3) is 2.98. The minimum Gasteiger partial charge on any atom is -0.362 e. The van der Waals surface area contributed by atoms with Crippen molar-refractivity contribution in [1.82, 2.24) is 4.98 Å². The molecule has 0 aliphatic rings. The molecular formula is C13H14N4OS2. The van der Waals surface area contributed by atoms with Gasteiger partial charge in [-0.2, -0.15) is 5.26 Å². The van der Waals surface area contributed by atoms with Gasteiger partial charge < -0.3 is 10.6 Å². The molecule has 2 aromatic heterocycles. The summed E-state index contributed by atoms with van der Waals surface area (Å²) in [6.45, 7) is 4.71. The van der Waals surface area contributed by atoms with E-state index in [1.165, 1.54) is 22.7 Å². The second-order valence-electron chi connectivity index (χ2n) is 3.91. The van der Waals surface area contributed by atoms with E-state index in [1.54, 1.807) is 11.4 Å². The highest BCUT2D eigenvalue weighted by Crippen LogP contribution is 2.27. The van der Waals surface area contributed by atoms with Crippen LogP contribution in [-0.2, 0) is 6.42 Å². The molecule has 0 bridgehead atoms. The number of rotatable bonds is 5. The maximum absolute atomic E-state index is 12.3. The zero-order chi connectivity index (χ0) is 14.5. The van der Waals surface area contributed by atoms with Gasteiger partial charge in [0, 0.05) is 6.54 Å². The molecule has 5 nitrogen and oxygen atoms in total. The first-order chi connectivity index (χ1) is 9.69. The number of nitrogens with one attached hydrogen (secondary N) is 2. The van der Waals surface area contributed by atoms with Crippen molar-refractivity contribution in [2.24, 2.45) is 0 Å². The van der Waals surface area contributed by atoms with Crippen molar-refractivity contribution in [2.75, 3.05) is 17.2 Å². The molecule has 7 heteroatoms. The molecule has 0 saturated heterocycles. The highest BCUT2D eigenvalue weighted by molar-refractivity contribution is 7.18. The van der Waals surface area contributed by atoms with Gasteiger partial charge >= 0.3 is 0 Å². The SMILES string of the molecule is CCNc1nc(CC)c(C(=O)Nc2sccc2C#N)s1. The van der Waals surface area contributed by atoms with Crippen LogP contribution in [-0.4, -0.2) is 17.4 Å². The molecule has 2 rings (SSSR count). The Morgan fingerprint density at radius 3 is 2.95 bits per heavy atom. The van der Waals surface area contributed by atoms with E-state index in [2.05, 4.69) is 21.7 Å². The average Bonchev–Trinajstić information content (AvgIpc) is 3.05. The van der Waals surface area contributed by atoms with Crippen molar-refractivity contribution < 1.29 is 4.79 Å². The van der Waals surface area contributed by atoms with Crippen LogP contribution in [0.4, 0.5) is 10.1 Å². The summed E-state index contributed by atoms with van der Waals surface area (Å²) < 4.78 is 0. The monoisotopic (exact) mass is 306 g/mol. The summed E-state index contributed by atoms with van der Waals surface area (Å²) in [6.07, 6.45) is 0.695. The lowest BCUT2D eigenvalue weighted by Gasteiger charge is -2.02. The molecule has 0 aliphatic carbocycles. The van der Waals surface area contributed by atoms with Gasteiger partial charge in [0.25, 0.3) is 5.91 Å². The zero-order valence-electron chi connectivity index (χ0n) is 11.2. The Hall–Kier alpha value is -1.91. The highest BCUT2D eigenvalue weighted by atomic mass is 32.1. The van der Waals surface area contributed by atoms with Gasteiger partial charge in [-0.1, -0.05) is 18.3 Å². The fourth-order valence-electron chi connectivity index (χ4n) is 1.65. The number of nitriles is 1. The van der Waals surface area contributed by atoms with Crippen LogP contribution in [0.2, 0.25) is 0 Å². The lowest BCUT2D eigenvalue weighted by atomic mass is 10.3. The van der Waals surface area contributed by atoms with Crippen molar-refractivity contribution >= 4 is 38.7 Å². The summed E-state index contributed by atoms with van der Waals surface area (Å²) in [4.78, 5) is 17.3. The van der Waals surface area contributed by atoms with Gasteiger partial charge in [-0.3, -0.25) is 4.79 Å². The lowest BCUT2D eigenvalue weighted by Crippen LogP contribution is -2.12. The van der Waals surface area contributed by atoms with Crippen molar-refractivity contribution in [3.05, 3.63) is 27.6 Å². The Balaban J connectivity index is 2.23. The van der Waals surface area contributed by atoms with Crippen LogP contribution in [0.25, 0.3) is 0 Å². The number of hydrogen-bond donors (Lipinski definition) is 2. The number of thiazole rings is 1. The number of aromatic nitrogens is 1. The number of carbonyl (C=O) groups excluding carboxylic acids is 1. The van der Waals surface area contributed by atoms with E-state index < -0.39 is 0 Å². The highest BCUT2D eigenvalue weighted by Gasteiger charge is 2.18. The largest absolute Gasteiger partial charge is 0.362 e. The van der Waals surface area contributed by atoms with Gasteiger partial charge in [0.2, 0.25) is 0 Å². The average molecular weight is 306 g/mol. The minimum atomic E-state index is -0.206. The van der Waals surface area contributed by atoms with Crippen LogP contribution in [0.1, 0.15) is 34.8 Å². The first-order valence-corrected chi connectivity index (χ1v) is 7.91. The van der Waals surface area contributed by atoms with Crippen LogP contribution in [0.3, 0.4) is 0 Å². The van der Waals surface area contributed by atoms with Gasteiger partial charge in [-0.25, -0.2) is 4.98 Å². The molecule has 0 fully saturated rings. The number of aryl methyl sites for hydroxylation is 1. The normalized spacial score (nSPS) is 10.1. The van der Waals surface area contributed by atoms with Gasteiger partial charge in [-0.05, 0) is 24.8 Å². The summed E-state index contributed by atoms with van der Waals surface area (Å²) in [5.74, 6) is -0.206. The Morgan fingerprint density at radius 2 is 2.30 bits per heavy atom. The maximum atomic E-state index is 12.3. The molecule has 2 aromatic rings. The maximum Gasteiger partial charge on any atom is 0.268 e. The van der Waals surface area contributed by atoms with Gasteiger partial charge in [-0.15, -0.1) is 11.3 Å². The van der Waals surface area contributed by atoms with E-state index in [1.807, 2.05) is 13.8 Å². The predicted molar refractivity (Wildman–Crippen MR) is 82.6 cm³/mol. The fraction of sp³-hybridized carbons (Fsp3) is 0.308. The van der Waals surface area contributed by atoms with E-state index in [9.17, 15) is 4.79 Å². The Morgan fingerprint density at radius 1 is 1.50 bits per heavy atom. The van der Waals surface area contributed by atoms with Crippen molar-refractivity contribution in [1.29, 1.82) is 5.26 Å². The molecule has 0 aromatic carbocycles. The zero-order valence-corrected chi connectivity index (χ0v) is 12.8.